The van der Waals surface area contributed by atoms with Crippen molar-refractivity contribution in [2.75, 3.05) is 13.2 Å². The van der Waals surface area contributed by atoms with Crippen LogP contribution in [0.5, 0.6) is 5.75 Å². The van der Waals surface area contributed by atoms with Crippen LogP contribution in [-0.2, 0) is 24.4 Å². The lowest BCUT2D eigenvalue weighted by Gasteiger charge is -2.56. The van der Waals surface area contributed by atoms with E-state index in [1.54, 1.807) is 0 Å². The standard InChI is InChI=1S/C30H31F9O6S/c1-25-15-21(16-2-5-18(6-3-16)45-46(41,42)30(38,39)28(33,34)27(31,32)29(35,36)37)24-19-10-11-26(43-12-13-44-26)14-17(19)4-7-20(24)22(25)8-9-23(25)40/h2-6,19-22,24H,7-15H2,1H3/t19-,20-,21?,22-,24+,25-/m0/s1. The largest absolute Gasteiger partial charge is 0.460 e. The van der Waals surface area contributed by atoms with Crippen molar-refractivity contribution >= 4 is 15.9 Å². The van der Waals surface area contributed by atoms with E-state index in [2.05, 4.69) is 10.3 Å². The van der Waals surface area contributed by atoms with Gasteiger partial charge in [0.25, 0.3) is 0 Å². The summed E-state index contributed by atoms with van der Waals surface area (Å²) in [5, 5.41) is -6.96. The van der Waals surface area contributed by atoms with Gasteiger partial charge in [-0.25, -0.2) is 0 Å². The van der Waals surface area contributed by atoms with E-state index in [1.807, 2.05) is 6.92 Å². The Morgan fingerprint density at radius 2 is 1.52 bits per heavy atom. The van der Waals surface area contributed by atoms with Crippen LogP contribution in [0.15, 0.2) is 35.9 Å². The highest BCUT2D eigenvalue weighted by Crippen LogP contribution is 2.65. The number of rotatable bonds is 6. The van der Waals surface area contributed by atoms with Crippen molar-refractivity contribution in [2.45, 2.75) is 86.9 Å². The summed E-state index contributed by atoms with van der Waals surface area (Å²) in [5.74, 6) is -16.2. The van der Waals surface area contributed by atoms with Gasteiger partial charge in [-0.1, -0.05) is 30.7 Å². The van der Waals surface area contributed by atoms with E-state index < -0.39 is 50.3 Å². The molecular formula is C30H31F9O6S. The first kappa shape index (κ1) is 33.6. The Morgan fingerprint density at radius 3 is 2.13 bits per heavy atom. The molecule has 1 aromatic rings. The monoisotopic (exact) mass is 690 g/mol. The molecule has 5 aliphatic rings. The van der Waals surface area contributed by atoms with Crippen LogP contribution in [-0.4, -0.2) is 56.5 Å². The molecule has 1 aliphatic heterocycles. The molecular weight excluding hydrogens is 659 g/mol. The van der Waals surface area contributed by atoms with Crippen LogP contribution in [0.3, 0.4) is 0 Å². The van der Waals surface area contributed by atoms with Crippen LogP contribution in [0.2, 0.25) is 0 Å². The fraction of sp³-hybridized carbons (Fsp3) is 0.700. The molecule has 3 saturated carbocycles. The number of alkyl halides is 9. The van der Waals surface area contributed by atoms with Crippen molar-refractivity contribution in [2.24, 2.45) is 29.1 Å². The summed E-state index contributed by atoms with van der Waals surface area (Å²) in [6.45, 7) is 2.91. The van der Waals surface area contributed by atoms with Crippen molar-refractivity contribution in [3.8, 4) is 5.75 Å². The second-order valence-corrected chi connectivity index (χ2v) is 14.8. The highest BCUT2D eigenvalue weighted by molar-refractivity contribution is 7.88. The van der Waals surface area contributed by atoms with E-state index in [4.69, 9.17) is 9.47 Å². The number of hydrogen-bond acceptors (Lipinski definition) is 6. The lowest BCUT2D eigenvalue weighted by Crippen LogP contribution is -2.63. The maximum atomic E-state index is 14.2. The van der Waals surface area contributed by atoms with E-state index in [0.29, 0.717) is 50.9 Å². The molecule has 1 saturated heterocycles. The number of hydrogen-bond donors (Lipinski definition) is 0. The Morgan fingerprint density at radius 1 is 0.891 bits per heavy atom. The SMILES string of the molecule is C[C@]12CC(c3ccc(OS(=O)(=O)C(F)(F)C(F)(F)C(F)(F)C(F)(F)F)cc3)[C@H]3[C@@H](CC=C4CC5(CC[C@@H]43)OCCO5)[C@@H]1CCC2=O. The van der Waals surface area contributed by atoms with Gasteiger partial charge < -0.3 is 13.7 Å². The zero-order valence-electron chi connectivity index (χ0n) is 24.4. The Labute approximate surface area is 258 Å². The summed E-state index contributed by atoms with van der Waals surface area (Å²) in [4.78, 5) is 13.2. The Balaban J connectivity index is 1.29. The molecule has 0 bridgehead atoms. The quantitative estimate of drug-likeness (QED) is 0.176. The lowest BCUT2D eigenvalue weighted by atomic mass is 9.48. The number of carbonyl (C=O) groups excluding carboxylic acids is 1. The molecule has 1 spiro atoms. The maximum absolute atomic E-state index is 14.2. The highest BCUT2D eigenvalue weighted by Gasteiger charge is 2.86. The molecule has 6 atom stereocenters. The minimum Gasteiger partial charge on any atom is -0.378 e. The number of allylic oxidation sites excluding steroid dienone is 1. The topological polar surface area (TPSA) is 78.9 Å². The van der Waals surface area contributed by atoms with Gasteiger partial charge in [-0.3, -0.25) is 4.79 Å². The molecule has 16 heteroatoms. The van der Waals surface area contributed by atoms with E-state index in [1.165, 1.54) is 17.7 Å². The lowest BCUT2D eigenvalue weighted by molar-refractivity contribution is -0.382. The Hall–Kier alpha value is -2.33. The first-order valence-electron chi connectivity index (χ1n) is 14.9. The fourth-order valence-corrected chi connectivity index (χ4v) is 9.61. The maximum Gasteiger partial charge on any atom is 0.460 e. The van der Waals surface area contributed by atoms with Crippen molar-refractivity contribution < 1.29 is 66.4 Å². The zero-order valence-corrected chi connectivity index (χ0v) is 25.2. The second-order valence-electron chi connectivity index (χ2n) is 13.3. The summed E-state index contributed by atoms with van der Waals surface area (Å²) in [5.41, 5.74) is 1.10. The van der Waals surface area contributed by atoms with Crippen molar-refractivity contribution in [3.05, 3.63) is 41.5 Å². The number of carbonyl (C=O) groups is 1. The zero-order chi connectivity index (χ0) is 33.7. The van der Waals surface area contributed by atoms with Gasteiger partial charge >= 0.3 is 33.4 Å². The van der Waals surface area contributed by atoms with Crippen molar-refractivity contribution in [1.82, 2.24) is 0 Å². The molecule has 4 aliphatic carbocycles. The van der Waals surface area contributed by atoms with Crippen molar-refractivity contribution in [3.63, 3.8) is 0 Å². The first-order chi connectivity index (χ1) is 21.2. The van der Waals surface area contributed by atoms with E-state index in [-0.39, 0.29) is 35.4 Å². The van der Waals surface area contributed by atoms with Crippen LogP contribution < -0.4 is 4.18 Å². The predicted molar refractivity (Wildman–Crippen MR) is 142 cm³/mol. The van der Waals surface area contributed by atoms with Crippen molar-refractivity contribution in [1.29, 1.82) is 0 Å². The van der Waals surface area contributed by atoms with Crippen LogP contribution in [0.4, 0.5) is 39.5 Å². The van der Waals surface area contributed by atoms with Crippen LogP contribution >= 0.6 is 0 Å². The molecule has 46 heavy (non-hydrogen) atoms. The predicted octanol–water partition coefficient (Wildman–Crippen LogP) is 7.40. The van der Waals surface area contributed by atoms with E-state index in [0.717, 1.165) is 25.0 Å². The number of benzene rings is 1. The van der Waals surface area contributed by atoms with Gasteiger partial charge in [0.2, 0.25) is 0 Å². The van der Waals surface area contributed by atoms with Gasteiger partial charge in [-0.05, 0) is 73.0 Å². The normalized spacial score (nSPS) is 33.3. The van der Waals surface area contributed by atoms with Gasteiger partial charge in [0.05, 0.1) is 13.2 Å². The van der Waals surface area contributed by atoms with Crippen LogP contribution in [0.25, 0.3) is 0 Å². The van der Waals surface area contributed by atoms with Crippen LogP contribution in [0, 0.1) is 29.1 Å². The van der Waals surface area contributed by atoms with Crippen LogP contribution in [0.1, 0.15) is 63.4 Å². The van der Waals surface area contributed by atoms with Gasteiger partial charge in [0, 0.05) is 24.7 Å². The Bertz CT molecular complexity index is 1520. The van der Waals surface area contributed by atoms with Gasteiger partial charge in [-0.15, -0.1) is 0 Å². The number of ketones is 1. The summed E-state index contributed by atoms with van der Waals surface area (Å²) in [6.07, 6.45) is -0.665. The molecule has 1 aromatic carbocycles. The summed E-state index contributed by atoms with van der Waals surface area (Å²) in [6, 6.07) is 4.31. The average Bonchev–Trinajstić information content (AvgIpc) is 3.54. The molecule has 1 heterocycles. The molecule has 0 radical (unpaired) electrons. The number of halogens is 9. The number of Topliss-reactive ketones (excluding diaryl/α,β-unsaturated/α-hetero) is 1. The smallest absolute Gasteiger partial charge is 0.378 e. The molecule has 0 amide bonds. The molecule has 4 fully saturated rings. The summed E-state index contributed by atoms with van der Waals surface area (Å²) < 4.78 is 160. The molecule has 1 unspecified atom stereocenters. The Kier molecular flexibility index (Phi) is 7.72. The van der Waals surface area contributed by atoms with Gasteiger partial charge in [0.1, 0.15) is 11.5 Å². The average molecular weight is 691 g/mol. The number of fused-ring (bicyclic) bond motifs is 5. The third-order valence-electron chi connectivity index (χ3n) is 10.9. The minimum absolute atomic E-state index is 0.0332. The molecule has 0 aromatic heterocycles. The third-order valence-corrected chi connectivity index (χ3v) is 12.2. The molecule has 6 nitrogen and oxygen atoms in total. The van der Waals surface area contributed by atoms with Gasteiger partial charge in [0.15, 0.2) is 5.79 Å². The van der Waals surface area contributed by atoms with Gasteiger partial charge in [-0.2, -0.15) is 47.9 Å². The molecule has 6 rings (SSSR count). The minimum atomic E-state index is -7.40. The molecule has 256 valence electrons. The highest BCUT2D eigenvalue weighted by atomic mass is 32.2. The fourth-order valence-electron chi connectivity index (χ4n) is 8.70. The first-order valence-corrected chi connectivity index (χ1v) is 16.3. The van der Waals surface area contributed by atoms with E-state index >= 15 is 0 Å². The van der Waals surface area contributed by atoms with E-state index in [9.17, 15) is 52.7 Å². The summed E-state index contributed by atoms with van der Waals surface area (Å²) in [7, 11) is -7.07. The molecule has 0 N–H and O–H groups in total. The third kappa shape index (κ3) is 4.81. The number of ether oxygens (including phenoxy) is 2. The summed E-state index contributed by atoms with van der Waals surface area (Å²) >= 11 is 0. The second kappa shape index (κ2) is 10.6.